The van der Waals surface area contributed by atoms with Crippen molar-refractivity contribution in [1.82, 2.24) is 14.9 Å². The van der Waals surface area contributed by atoms with Crippen molar-refractivity contribution in [3.63, 3.8) is 0 Å². The molecule has 0 saturated heterocycles. The maximum atomic E-state index is 13.6. The van der Waals surface area contributed by atoms with Crippen LogP contribution < -0.4 is 14.4 Å². The van der Waals surface area contributed by atoms with Crippen LogP contribution in [0.25, 0.3) is 11.1 Å². The SMILES string of the molecule is COc1ccc(C(=O)N2CCN(Cc3c[nH]cn3)c3ccc(-c4ccccc4)cc3C2)cc1OC. The maximum Gasteiger partial charge on any atom is 0.254 e. The van der Waals surface area contributed by atoms with Crippen LogP contribution in [0.4, 0.5) is 5.69 Å². The van der Waals surface area contributed by atoms with E-state index in [9.17, 15) is 4.79 Å². The van der Waals surface area contributed by atoms with Crippen LogP contribution in [0.5, 0.6) is 11.5 Å². The molecule has 0 aliphatic carbocycles. The zero-order chi connectivity index (χ0) is 24.2. The maximum absolute atomic E-state index is 13.6. The van der Waals surface area contributed by atoms with Crippen LogP contribution in [0.1, 0.15) is 21.6 Å². The molecule has 5 rings (SSSR count). The average Bonchev–Trinajstić information content (AvgIpc) is 3.36. The number of carbonyl (C=O) groups is 1. The van der Waals surface area contributed by atoms with Crippen LogP contribution in [-0.2, 0) is 13.1 Å². The van der Waals surface area contributed by atoms with Crippen LogP contribution in [-0.4, -0.2) is 48.1 Å². The summed E-state index contributed by atoms with van der Waals surface area (Å²) < 4.78 is 10.8. The summed E-state index contributed by atoms with van der Waals surface area (Å²) >= 11 is 0. The smallest absolute Gasteiger partial charge is 0.254 e. The number of aromatic nitrogens is 2. The third-order valence-corrected chi connectivity index (χ3v) is 6.35. The topological polar surface area (TPSA) is 70.7 Å². The highest BCUT2D eigenvalue weighted by molar-refractivity contribution is 5.95. The molecule has 0 unspecified atom stereocenters. The second-order valence-corrected chi connectivity index (χ2v) is 8.49. The fourth-order valence-corrected chi connectivity index (χ4v) is 4.54. The third-order valence-electron chi connectivity index (χ3n) is 6.35. The first-order valence-corrected chi connectivity index (χ1v) is 11.6. The van der Waals surface area contributed by atoms with Gasteiger partial charge in [-0.25, -0.2) is 4.98 Å². The predicted octanol–water partition coefficient (Wildman–Crippen LogP) is 4.76. The standard InChI is InChI=1S/C28H28N4O3/c1-34-26-11-9-22(15-27(26)35-2)28(33)32-13-12-31(18-24-16-29-19-30-24)25-10-8-21(14-23(25)17-32)20-6-4-3-5-7-20/h3-11,14-16,19H,12-13,17-18H2,1-2H3,(H,29,30). The van der Waals surface area contributed by atoms with Gasteiger partial charge in [0.1, 0.15) is 0 Å². The Hall–Kier alpha value is -4.26. The fraction of sp³-hybridized carbons (Fsp3) is 0.214. The summed E-state index contributed by atoms with van der Waals surface area (Å²) in [4.78, 5) is 25.2. The largest absolute Gasteiger partial charge is 0.493 e. The minimum absolute atomic E-state index is 0.0383. The fourth-order valence-electron chi connectivity index (χ4n) is 4.54. The summed E-state index contributed by atoms with van der Waals surface area (Å²) in [6, 6.07) is 22.1. The number of hydrogen-bond donors (Lipinski definition) is 1. The van der Waals surface area contributed by atoms with Gasteiger partial charge >= 0.3 is 0 Å². The number of methoxy groups -OCH3 is 2. The first-order valence-electron chi connectivity index (χ1n) is 11.6. The van der Waals surface area contributed by atoms with Crippen molar-refractivity contribution < 1.29 is 14.3 Å². The zero-order valence-corrected chi connectivity index (χ0v) is 19.9. The normalized spacial score (nSPS) is 13.2. The average molecular weight is 469 g/mol. The van der Waals surface area contributed by atoms with E-state index in [4.69, 9.17) is 9.47 Å². The van der Waals surface area contributed by atoms with Crippen LogP contribution >= 0.6 is 0 Å². The summed E-state index contributed by atoms with van der Waals surface area (Å²) in [5, 5.41) is 0. The van der Waals surface area contributed by atoms with E-state index >= 15 is 0 Å². The van der Waals surface area contributed by atoms with E-state index in [0.717, 1.165) is 28.1 Å². The van der Waals surface area contributed by atoms with Crippen molar-refractivity contribution in [1.29, 1.82) is 0 Å². The number of hydrogen-bond acceptors (Lipinski definition) is 5. The number of amides is 1. The Bertz CT molecular complexity index is 1310. The number of ether oxygens (including phenoxy) is 2. The second kappa shape index (κ2) is 9.93. The molecule has 1 aromatic heterocycles. The molecule has 0 fully saturated rings. The van der Waals surface area contributed by atoms with E-state index in [1.807, 2.05) is 29.3 Å². The molecule has 0 bridgehead atoms. The monoisotopic (exact) mass is 468 g/mol. The Balaban J connectivity index is 1.50. The number of H-pyrrole nitrogens is 1. The highest BCUT2D eigenvalue weighted by Gasteiger charge is 2.25. The zero-order valence-electron chi connectivity index (χ0n) is 19.9. The molecular formula is C28H28N4O3. The molecule has 0 radical (unpaired) electrons. The lowest BCUT2D eigenvalue weighted by atomic mass is 10.0. The Kier molecular flexibility index (Phi) is 6.39. The van der Waals surface area contributed by atoms with E-state index in [2.05, 4.69) is 45.2 Å². The number of anilines is 1. The first-order chi connectivity index (χ1) is 17.2. The molecule has 35 heavy (non-hydrogen) atoms. The van der Waals surface area contributed by atoms with E-state index in [1.165, 1.54) is 0 Å². The molecule has 1 aliphatic rings. The Morgan fingerprint density at radius 2 is 1.77 bits per heavy atom. The summed E-state index contributed by atoms with van der Waals surface area (Å²) in [5.41, 5.74) is 6.04. The van der Waals surface area contributed by atoms with Crippen molar-refractivity contribution >= 4 is 11.6 Å². The summed E-state index contributed by atoms with van der Waals surface area (Å²) in [7, 11) is 3.16. The highest BCUT2D eigenvalue weighted by atomic mass is 16.5. The molecule has 0 atom stereocenters. The minimum Gasteiger partial charge on any atom is -0.493 e. The van der Waals surface area contributed by atoms with Gasteiger partial charge in [0.25, 0.3) is 5.91 Å². The predicted molar refractivity (Wildman–Crippen MR) is 136 cm³/mol. The van der Waals surface area contributed by atoms with Gasteiger partial charge in [0.05, 0.1) is 32.8 Å². The molecule has 2 heterocycles. The lowest BCUT2D eigenvalue weighted by Crippen LogP contribution is -2.35. The molecule has 1 amide bonds. The van der Waals surface area contributed by atoms with E-state index < -0.39 is 0 Å². The van der Waals surface area contributed by atoms with Gasteiger partial charge in [-0.2, -0.15) is 0 Å². The Morgan fingerprint density at radius 1 is 0.943 bits per heavy atom. The van der Waals surface area contributed by atoms with Gasteiger partial charge < -0.3 is 24.3 Å². The molecule has 178 valence electrons. The number of aromatic amines is 1. The highest BCUT2D eigenvalue weighted by Crippen LogP contribution is 2.33. The number of nitrogens with one attached hydrogen (secondary N) is 1. The van der Waals surface area contributed by atoms with Crippen molar-refractivity contribution in [2.24, 2.45) is 0 Å². The molecule has 1 aliphatic heterocycles. The van der Waals surface area contributed by atoms with Gasteiger partial charge in [-0.15, -0.1) is 0 Å². The summed E-state index contributed by atoms with van der Waals surface area (Å²) in [6.45, 7) is 2.47. The molecule has 3 aromatic carbocycles. The Morgan fingerprint density at radius 3 is 2.51 bits per heavy atom. The third kappa shape index (κ3) is 4.71. The van der Waals surface area contributed by atoms with Gasteiger partial charge in [0.15, 0.2) is 11.5 Å². The van der Waals surface area contributed by atoms with Gasteiger partial charge in [-0.3, -0.25) is 4.79 Å². The molecular weight excluding hydrogens is 440 g/mol. The molecule has 0 spiro atoms. The number of benzene rings is 3. The summed E-state index contributed by atoms with van der Waals surface area (Å²) in [6.07, 6.45) is 3.61. The lowest BCUT2D eigenvalue weighted by molar-refractivity contribution is 0.0751. The Labute approximate surface area is 204 Å². The number of rotatable bonds is 6. The van der Waals surface area contributed by atoms with Gasteiger partial charge in [0.2, 0.25) is 0 Å². The lowest BCUT2D eigenvalue weighted by Gasteiger charge is -2.24. The van der Waals surface area contributed by atoms with Gasteiger partial charge in [0, 0.05) is 37.1 Å². The molecule has 7 nitrogen and oxygen atoms in total. The number of nitrogens with zero attached hydrogens (tertiary/aromatic N) is 3. The number of carbonyl (C=O) groups excluding carboxylic acids is 1. The molecule has 7 heteroatoms. The van der Waals surface area contributed by atoms with E-state index in [0.29, 0.717) is 43.2 Å². The number of imidazole rings is 1. The van der Waals surface area contributed by atoms with Crippen LogP contribution in [0.3, 0.4) is 0 Å². The molecule has 4 aromatic rings. The minimum atomic E-state index is -0.0383. The van der Waals surface area contributed by atoms with Crippen molar-refractivity contribution in [3.05, 3.63) is 96.1 Å². The van der Waals surface area contributed by atoms with Crippen LogP contribution in [0, 0.1) is 0 Å². The first kappa shape index (κ1) is 22.5. The summed E-state index contributed by atoms with van der Waals surface area (Å²) in [5.74, 6) is 1.10. The van der Waals surface area contributed by atoms with E-state index in [-0.39, 0.29) is 5.91 Å². The van der Waals surface area contributed by atoms with Crippen LogP contribution in [0.2, 0.25) is 0 Å². The van der Waals surface area contributed by atoms with Crippen LogP contribution in [0.15, 0.2) is 79.3 Å². The van der Waals surface area contributed by atoms with Crippen molar-refractivity contribution in [3.8, 4) is 22.6 Å². The quantitative estimate of drug-likeness (QED) is 0.442. The van der Waals surface area contributed by atoms with Crippen molar-refractivity contribution in [2.75, 3.05) is 32.2 Å². The van der Waals surface area contributed by atoms with Gasteiger partial charge in [-0.05, 0) is 47.0 Å². The second-order valence-electron chi connectivity index (χ2n) is 8.49. The molecule has 0 saturated carbocycles. The van der Waals surface area contributed by atoms with Crippen molar-refractivity contribution in [2.45, 2.75) is 13.1 Å². The van der Waals surface area contributed by atoms with Gasteiger partial charge in [-0.1, -0.05) is 36.4 Å². The van der Waals surface area contributed by atoms with E-state index in [1.54, 1.807) is 38.7 Å². The molecule has 1 N–H and O–H groups in total. The number of fused-ring (bicyclic) bond motifs is 1.